The van der Waals surface area contributed by atoms with E-state index in [1.165, 1.54) is 94.7 Å². The molecule has 3 unspecified atom stereocenters. The van der Waals surface area contributed by atoms with Crippen LogP contribution in [0, 0.1) is 53.4 Å². The summed E-state index contributed by atoms with van der Waals surface area (Å²) in [6, 6.07) is 18.4. The summed E-state index contributed by atoms with van der Waals surface area (Å²) >= 11 is 0. The first-order chi connectivity index (χ1) is 30.4. The van der Waals surface area contributed by atoms with Crippen molar-refractivity contribution < 1.29 is 0 Å². The number of aromatic amines is 2. The molecule has 0 amide bonds. The van der Waals surface area contributed by atoms with E-state index >= 15 is 0 Å². The Hall–Kier alpha value is -5.74. The van der Waals surface area contributed by atoms with E-state index in [2.05, 4.69) is 216 Å². The van der Waals surface area contributed by atoms with Gasteiger partial charge in [0.25, 0.3) is 0 Å². The van der Waals surface area contributed by atoms with Crippen LogP contribution in [0.2, 0.25) is 0 Å². The van der Waals surface area contributed by atoms with E-state index in [4.69, 9.17) is 0 Å². The van der Waals surface area contributed by atoms with Gasteiger partial charge < -0.3 is 20.6 Å². The average Bonchev–Trinajstić information content (AvgIpc) is 4.05. The van der Waals surface area contributed by atoms with Gasteiger partial charge >= 0.3 is 0 Å². The van der Waals surface area contributed by atoms with Gasteiger partial charge in [0, 0.05) is 61.7 Å². The molecular weight excluding hydrogens is 777 g/mol. The molecular formula is C60H76N4. The van der Waals surface area contributed by atoms with E-state index in [-0.39, 0.29) is 23.9 Å². The fraction of sp³-hybridized carbons (Fsp3) is 0.367. The van der Waals surface area contributed by atoms with Crippen molar-refractivity contribution >= 4 is 22.3 Å². The maximum Gasteiger partial charge on any atom is 0.0728 e. The van der Waals surface area contributed by atoms with Crippen LogP contribution in [-0.2, 0) is 0 Å². The van der Waals surface area contributed by atoms with E-state index in [1.807, 2.05) is 13.8 Å². The zero-order chi connectivity index (χ0) is 46.7. The van der Waals surface area contributed by atoms with Gasteiger partial charge in [0.1, 0.15) is 0 Å². The number of benzene rings is 2. The zero-order valence-corrected chi connectivity index (χ0v) is 42.2. The molecule has 2 aromatic heterocycles. The van der Waals surface area contributed by atoms with Crippen LogP contribution in [-0.4, -0.2) is 22.1 Å². The fourth-order valence-corrected chi connectivity index (χ4v) is 10.6. The van der Waals surface area contributed by atoms with Crippen LogP contribution in [0.3, 0.4) is 0 Å². The van der Waals surface area contributed by atoms with Gasteiger partial charge in [0.15, 0.2) is 0 Å². The molecule has 3 atom stereocenters. The minimum Gasteiger partial charge on any atom is -0.374 e. The van der Waals surface area contributed by atoms with Crippen molar-refractivity contribution in [1.29, 1.82) is 0 Å². The van der Waals surface area contributed by atoms with E-state index < -0.39 is 0 Å². The minimum absolute atomic E-state index is 0.0581. The molecule has 0 saturated carbocycles. The van der Waals surface area contributed by atoms with Crippen molar-refractivity contribution in [2.75, 3.05) is 0 Å². The third kappa shape index (κ3) is 9.97. The summed E-state index contributed by atoms with van der Waals surface area (Å²) in [5.74, 6) is 0.418. The van der Waals surface area contributed by atoms with Gasteiger partial charge in [-0.15, -0.1) is 0 Å². The highest BCUT2D eigenvalue weighted by molar-refractivity contribution is 5.88. The number of fused-ring (bicyclic) bond motifs is 8. The third-order valence-electron chi connectivity index (χ3n) is 12.7. The Bertz CT molecular complexity index is 2770. The number of allylic oxidation sites excluding steroid dienone is 10. The summed E-state index contributed by atoms with van der Waals surface area (Å²) in [6.45, 7) is 37.8. The van der Waals surface area contributed by atoms with E-state index in [0.717, 1.165) is 39.9 Å². The Morgan fingerprint density at radius 1 is 0.625 bits per heavy atom. The second-order valence-corrected chi connectivity index (χ2v) is 19.3. The van der Waals surface area contributed by atoms with Crippen LogP contribution in [0.4, 0.5) is 0 Å². The summed E-state index contributed by atoms with van der Waals surface area (Å²) in [5.41, 5.74) is 26.4. The Balaban J connectivity index is 0.00000335. The molecule has 5 heterocycles. The highest BCUT2D eigenvalue weighted by Crippen LogP contribution is 2.39. The van der Waals surface area contributed by atoms with Crippen LogP contribution in [0.1, 0.15) is 138 Å². The summed E-state index contributed by atoms with van der Waals surface area (Å²) in [5, 5.41) is 10.5. The van der Waals surface area contributed by atoms with Gasteiger partial charge in [-0.1, -0.05) is 117 Å². The van der Waals surface area contributed by atoms with E-state index in [1.54, 1.807) is 0 Å². The zero-order valence-electron chi connectivity index (χ0n) is 42.2. The smallest absolute Gasteiger partial charge is 0.0728 e. The van der Waals surface area contributed by atoms with Gasteiger partial charge in [-0.05, 0) is 176 Å². The minimum atomic E-state index is -0.0652. The summed E-state index contributed by atoms with van der Waals surface area (Å²) in [4.78, 5) is 8.14. The lowest BCUT2D eigenvalue weighted by atomic mass is 9.86. The molecule has 0 fully saturated rings. The van der Waals surface area contributed by atoms with Crippen molar-refractivity contribution in [2.24, 2.45) is 11.8 Å². The molecule has 4 nitrogen and oxygen atoms in total. The normalized spacial score (nSPS) is 21.8. The maximum atomic E-state index is 4.14. The van der Waals surface area contributed by atoms with Crippen molar-refractivity contribution in [2.45, 2.75) is 136 Å². The number of H-pyrrole nitrogens is 2. The van der Waals surface area contributed by atoms with Gasteiger partial charge in [-0.25, -0.2) is 0 Å². The lowest BCUT2D eigenvalue weighted by Crippen LogP contribution is -2.33. The monoisotopic (exact) mass is 853 g/mol. The van der Waals surface area contributed by atoms with Crippen molar-refractivity contribution in [3.05, 3.63) is 197 Å². The average molecular weight is 853 g/mol. The Kier molecular flexibility index (Phi) is 14.9. The molecule has 0 spiro atoms. The van der Waals surface area contributed by atoms with Crippen LogP contribution in [0.25, 0.3) is 22.3 Å². The van der Waals surface area contributed by atoms with Crippen LogP contribution < -0.4 is 21.3 Å². The maximum absolute atomic E-state index is 4.14. The number of rotatable bonds is 9. The number of hydrogen-bond donors (Lipinski definition) is 4. The highest BCUT2D eigenvalue weighted by Gasteiger charge is 2.30. The van der Waals surface area contributed by atoms with Crippen molar-refractivity contribution in [1.82, 2.24) is 20.6 Å². The molecule has 3 aliphatic rings. The van der Waals surface area contributed by atoms with Gasteiger partial charge in [0.2, 0.25) is 0 Å². The van der Waals surface area contributed by atoms with E-state index in [9.17, 15) is 0 Å². The number of aromatic nitrogens is 2. The predicted octanol–water partition coefficient (Wildman–Crippen LogP) is 13.7. The highest BCUT2D eigenvalue weighted by atomic mass is 15.0. The first kappa shape index (κ1) is 47.7. The van der Waals surface area contributed by atoms with Crippen molar-refractivity contribution in [3.8, 4) is 0 Å². The summed E-state index contributed by atoms with van der Waals surface area (Å²) < 4.78 is 0. The second kappa shape index (κ2) is 20.0. The fourth-order valence-electron chi connectivity index (χ4n) is 10.6. The Morgan fingerprint density at radius 3 is 1.77 bits per heavy atom. The first-order valence-corrected chi connectivity index (χ1v) is 23.8. The molecule has 8 bridgehead atoms. The van der Waals surface area contributed by atoms with E-state index in [0.29, 0.717) is 0 Å². The van der Waals surface area contributed by atoms with Gasteiger partial charge in [0.05, 0.1) is 12.1 Å². The molecule has 2 aromatic carbocycles. The summed E-state index contributed by atoms with van der Waals surface area (Å²) in [7, 11) is 0. The SMILES string of the molecule is CC.CC(C)=CC/C(C)=C\C(C)/C1=C2\C=CC(N2)/C(c2c(C)cc(C)cc2C)=c2/cc/c([nH]2)=C(\C(=C(/C)C=C(C)C)C(C)C)C2C=C/C(=C(\c3c(C)cc(C)cc3C)c3ccc1[nH]3)N2. The molecule has 4 aromatic rings. The summed E-state index contributed by atoms with van der Waals surface area (Å²) in [6.07, 6.45) is 17.5. The third-order valence-corrected chi connectivity index (χ3v) is 12.7. The largest absolute Gasteiger partial charge is 0.374 e. The Morgan fingerprint density at radius 2 is 1.17 bits per heavy atom. The lowest BCUT2D eigenvalue weighted by molar-refractivity contribution is 0.755. The number of nitrogens with one attached hydrogen (secondary N) is 4. The molecule has 0 radical (unpaired) electrons. The second-order valence-electron chi connectivity index (χ2n) is 19.3. The molecule has 3 aliphatic heterocycles. The molecule has 336 valence electrons. The van der Waals surface area contributed by atoms with Crippen LogP contribution in [0.5, 0.6) is 0 Å². The first-order valence-electron chi connectivity index (χ1n) is 23.8. The predicted molar refractivity (Wildman–Crippen MR) is 278 cm³/mol. The topological polar surface area (TPSA) is 55.6 Å². The number of hydrogen-bond acceptors (Lipinski definition) is 2. The quantitative estimate of drug-likeness (QED) is 0.100. The number of aryl methyl sites for hydroxylation is 6. The van der Waals surface area contributed by atoms with Crippen LogP contribution >= 0.6 is 0 Å². The van der Waals surface area contributed by atoms with Gasteiger partial charge in [-0.2, -0.15) is 0 Å². The molecule has 4 N–H and O–H groups in total. The standard InChI is InChI=1S/C58H70N4.C2H6/c1-32(2)16-17-35(7)27-43(15)55-44-18-20-48(59-44)57(53-39(11)28-36(8)29-40(53)12)50-24-22-46(61-50)56(52(34(5)6)38(10)26-33(3)4)47-23-25-51(62-47)58(49-21-19-45(55)60-49)54-41(13)30-37(9)31-42(54)14;1-2/h16,18-31,34,43,46,49,59-62H,17H2,1-15H3;1-2H3/b35-27-,52-38+,55-45-,56-47+,57-50+,58-51+;. The molecule has 0 saturated heterocycles. The molecule has 7 rings (SSSR count). The molecule has 4 heteroatoms. The molecule has 0 aliphatic carbocycles. The van der Waals surface area contributed by atoms with Crippen molar-refractivity contribution in [3.63, 3.8) is 0 Å². The van der Waals surface area contributed by atoms with Crippen LogP contribution in [0.15, 0.2) is 130 Å². The molecule has 64 heavy (non-hydrogen) atoms. The Labute approximate surface area is 386 Å². The lowest BCUT2D eigenvalue weighted by Gasteiger charge is -2.25. The van der Waals surface area contributed by atoms with Gasteiger partial charge in [-0.3, -0.25) is 0 Å².